The molecule has 2 rings (SSSR count). The maximum absolute atomic E-state index is 12.8. The van der Waals surface area contributed by atoms with Crippen molar-refractivity contribution in [2.24, 2.45) is 0 Å². The predicted molar refractivity (Wildman–Crippen MR) is 70.3 cm³/mol. The summed E-state index contributed by atoms with van der Waals surface area (Å²) in [4.78, 5) is -0.00377. The van der Waals surface area contributed by atoms with Crippen molar-refractivity contribution >= 4 is 10.0 Å². The van der Waals surface area contributed by atoms with Gasteiger partial charge in [-0.1, -0.05) is 17.7 Å². The third-order valence-corrected chi connectivity index (χ3v) is 5.14. The molecule has 0 amide bonds. The van der Waals surface area contributed by atoms with E-state index in [4.69, 9.17) is 4.74 Å². The van der Waals surface area contributed by atoms with Crippen molar-refractivity contribution in [2.45, 2.75) is 30.5 Å². The summed E-state index contributed by atoms with van der Waals surface area (Å²) in [6.07, 6.45) is -6.43. The molecular formula is C13H16F3NO3S. The van der Waals surface area contributed by atoms with Crippen molar-refractivity contribution < 1.29 is 26.3 Å². The number of rotatable bonds is 2. The Morgan fingerprint density at radius 1 is 1.24 bits per heavy atom. The smallest absolute Gasteiger partial charge is 0.367 e. The summed E-state index contributed by atoms with van der Waals surface area (Å²) in [6, 6.07) is 6.03. The molecule has 0 N–H and O–H groups in total. The standard InChI is InChI=1S/C13H16F3NO3S/c1-10-3-5-11(6-4-10)21(18,19)17-7-2-8-20-12(9-17)13(14,15)16/h3-6,12H,2,7-9H2,1H3. The molecule has 1 saturated heterocycles. The summed E-state index contributed by atoms with van der Waals surface area (Å²) >= 11 is 0. The van der Waals surface area contributed by atoms with Crippen LogP contribution >= 0.6 is 0 Å². The van der Waals surface area contributed by atoms with Crippen LogP contribution in [0, 0.1) is 6.92 Å². The first-order valence-corrected chi connectivity index (χ1v) is 7.90. The average Bonchev–Trinajstić information content (AvgIpc) is 2.65. The van der Waals surface area contributed by atoms with Crippen LogP contribution in [0.25, 0.3) is 0 Å². The second kappa shape index (κ2) is 5.94. The van der Waals surface area contributed by atoms with Crippen LogP contribution in [0.5, 0.6) is 0 Å². The summed E-state index contributed by atoms with van der Waals surface area (Å²) in [7, 11) is -3.94. The zero-order chi connectivity index (χ0) is 15.7. The van der Waals surface area contributed by atoms with Crippen LogP contribution < -0.4 is 0 Å². The third kappa shape index (κ3) is 3.75. The molecule has 0 aromatic heterocycles. The quantitative estimate of drug-likeness (QED) is 0.839. The normalized spacial score (nSPS) is 22.0. The summed E-state index contributed by atoms with van der Waals surface area (Å²) in [5.74, 6) is 0. The van der Waals surface area contributed by atoms with Gasteiger partial charge in [-0.2, -0.15) is 17.5 Å². The molecule has 1 fully saturated rings. The van der Waals surface area contributed by atoms with Gasteiger partial charge in [-0.15, -0.1) is 0 Å². The minimum absolute atomic E-state index is 0.00377. The number of benzene rings is 1. The molecule has 1 aliphatic heterocycles. The van der Waals surface area contributed by atoms with Crippen molar-refractivity contribution in [2.75, 3.05) is 19.7 Å². The van der Waals surface area contributed by atoms with Gasteiger partial charge in [0.15, 0.2) is 6.10 Å². The second-order valence-electron chi connectivity index (χ2n) is 4.93. The van der Waals surface area contributed by atoms with Crippen molar-refractivity contribution in [1.29, 1.82) is 0 Å². The molecule has 1 aliphatic rings. The van der Waals surface area contributed by atoms with Gasteiger partial charge in [0, 0.05) is 19.7 Å². The van der Waals surface area contributed by atoms with Crippen LogP contribution in [-0.4, -0.2) is 44.7 Å². The van der Waals surface area contributed by atoms with E-state index in [2.05, 4.69) is 0 Å². The Hall–Kier alpha value is -1.12. The fourth-order valence-corrected chi connectivity index (χ4v) is 3.55. The van der Waals surface area contributed by atoms with E-state index in [-0.39, 0.29) is 24.5 Å². The van der Waals surface area contributed by atoms with Gasteiger partial charge in [-0.05, 0) is 25.5 Å². The number of halogens is 3. The molecule has 0 bridgehead atoms. The van der Waals surface area contributed by atoms with Crippen LogP contribution in [-0.2, 0) is 14.8 Å². The lowest BCUT2D eigenvalue weighted by Crippen LogP contribution is -2.43. The minimum Gasteiger partial charge on any atom is -0.367 e. The van der Waals surface area contributed by atoms with Crippen molar-refractivity contribution in [3.05, 3.63) is 29.8 Å². The highest BCUT2D eigenvalue weighted by Gasteiger charge is 2.44. The average molecular weight is 323 g/mol. The molecular weight excluding hydrogens is 307 g/mol. The van der Waals surface area contributed by atoms with E-state index in [0.29, 0.717) is 0 Å². The summed E-state index contributed by atoms with van der Waals surface area (Å²) < 4.78 is 68.8. The molecule has 4 nitrogen and oxygen atoms in total. The number of alkyl halides is 3. The van der Waals surface area contributed by atoms with E-state index >= 15 is 0 Å². The van der Waals surface area contributed by atoms with Gasteiger partial charge in [0.05, 0.1) is 4.90 Å². The number of sulfonamides is 1. The first kappa shape index (κ1) is 16.3. The molecule has 0 saturated carbocycles. The number of ether oxygens (including phenoxy) is 1. The Morgan fingerprint density at radius 2 is 1.86 bits per heavy atom. The van der Waals surface area contributed by atoms with Gasteiger partial charge in [0.25, 0.3) is 0 Å². The van der Waals surface area contributed by atoms with Crippen LogP contribution in [0.15, 0.2) is 29.2 Å². The van der Waals surface area contributed by atoms with Crippen molar-refractivity contribution in [3.8, 4) is 0 Å². The van der Waals surface area contributed by atoms with Gasteiger partial charge in [-0.3, -0.25) is 0 Å². The van der Waals surface area contributed by atoms with Gasteiger partial charge in [0.2, 0.25) is 10.0 Å². The Kier molecular flexibility index (Phi) is 4.60. The lowest BCUT2D eigenvalue weighted by Gasteiger charge is -2.24. The largest absolute Gasteiger partial charge is 0.415 e. The monoisotopic (exact) mass is 323 g/mol. The molecule has 0 radical (unpaired) electrons. The SMILES string of the molecule is Cc1ccc(S(=O)(=O)N2CCCOC(C(F)(F)F)C2)cc1. The Morgan fingerprint density at radius 3 is 2.43 bits per heavy atom. The highest BCUT2D eigenvalue weighted by Crippen LogP contribution is 2.28. The van der Waals surface area contributed by atoms with Crippen LogP contribution in [0.3, 0.4) is 0 Å². The van der Waals surface area contributed by atoms with Gasteiger partial charge in [-0.25, -0.2) is 8.42 Å². The minimum atomic E-state index is -4.58. The topological polar surface area (TPSA) is 46.6 Å². The number of aryl methyl sites for hydroxylation is 1. The van der Waals surface area contributed by atoms with E-state index in [1.807, 2.05) is 0 Å². The fraction of sp³-hybridized carbons (Fsp3) is 0.538. The summed E-state index contributed by atoms with van der Waals surface area (Å²) in [6.45, 7) is 1.00. The van der Waals surface area contributed by atoms with E-state index in [9.17, 15) is 21.6 Å². The molecule has 1 unspecified atom stereocenters. The maximum atomic E-state index is 12.8. The lowest BCUT2D eigenvalue weighted by atomic mass is 10.2. The van der Waals surface area contributed by atoms with E-state index in [1.165, 1.54) is 12.1 Å². The molecule has 1 heterocycles. The Bertz CT molecular complexity index is 584. The number of nitrogens with zero attached hydrogens (tertiary/aromatic N) is 1. The van der Waals surface area contributed by atoms with Gasteiger partial charge in [0.1, 0.15) is 0 Å². The summed E-state index contributed by atoms with van der Waals surface area (Å²) in [5, 5.41) is 0. The van der Waals surface area contributed by atoms with Crippen LogP contribution in [0.2, 0.25) is 0 Å². The molecule has 0 aliphatic carbocycles. The first-order chi connectivity index (χ1) is 9.71. The molecule has 21 heavy (non-hydrogen) atoms. The predicted octanol–water partition coefficient (Wildman–Crippen LogP) is 2.34. The molecule has 0 spiro atoms. The summed E-state index contributed by atoms with van der Waals surface area (Å²) in [5.41, 5.74) is 0.876. The number of hydrogen-bond donors (Lipinski definition) is 0. The van der Waals surface area contributed by atoms with Crippen molar-refractivity contribution in [1.82, 2.24) is 4.31 Å². The zero-order valence-corrected chi connectivity index (χ0v) is 12.2. The Balaban J connectivity index is 2.27. The van der Waals surface area contributed by atoms with Crippen molar-refractivity contribution in [3.63, 3.8) is 0 Å². The molecule has 118 valence electrons. The maximum Gasteiger partial charge on any atom is 0.415 e. The molecule has 1 atom stereocenters. The molecule has 1 aromatic carbocycles. The van der Waals surface area contributed by atoms with E-state index in [0.717, 1.165) is 9.87 Å². The number of hydrogen-bond acceptors (Lipinski definition) is 3. The van der Waals surface area contributed by atoms with Gasteiger partial charge >= 0.3 is 6.18 Å². The lowest BCUT2D eigenvalue weighted by molar-refractivity contribution is -0.217. The third-order valence-electron chi connectivity index (χ3n) is 3.26. The van der Waals surface area contributed by atoms with E-state index < -0.39 is 28.8 Å². The van der Waals surface area contributed by atoms with E-state index in [1.54, 1.807) is 19.1 Å². The second-order valence-corrected chi connectivity index (χ2v) is 6.87. The molecule has 1 aromatic rings. The highest BCUT2D eigenvalue weighted by molar-refractivity contribution is 7.89. The molecule has 8 heteroatoms. The first-order valence-electron chi connectivity index (χ1n) is 6.46. The van der Waals surface area contributed by atoms with Crippen LogP contribution in [0.1, 0.15) is 12.0 Å². The Labute approximate surface area is 121 Å². The highest BCUT2D eigenvalue weighted by atomic mass is 32.2. The fourth-order valence-electron chi connectivity index (χ4n) is 2.07. The van der Waals surface area contributed by atoms with Gasteiger partial charge < -0.3 is 4.74 Å². The zero-order valence-electron chi connectivity index (χ0n) is 11.4. The van der Waals surface area contributed by atoms with Crippen LogP contribution in [0.4, 0.5) is 13.2 Å².